The number of methoxy groups -OCH3 is 1. The predicted molar refractivity (Wildman–Crippen MR) is 126 cm³/mol. The molecule has 3 aliphatic rings. The van der Waals surface area contributed by atoms with Crippen LogP contribution < -0.4 is 15.1 Å². The van der Waals surface area contributed by atoms with Crippen molar-refractivity contribution in [1.82, 2.24) is 4.98 Å². The molecule has 1 aromatic heterocycles. The Kier molecular flexibility index (Phi) is 6.57. The summed E-state index contributed by atoms with van der Waals surface area (Å²) in [5, 5.41) is 2.29. The summed E-state index contributed by atoms with van der Waals surface area (Å²) in [7, 11) is 1.55. The number of alkyl halides is 3. The summed E-state index contributed by atoms with van der Waals surface area (Å²) >= 11 is 0. The second-order valence-corrected chi connectivity index (χ2v) is 10.1. The topological polar surface area (TPSA) is 70.8 Å². The lowest BCUT2D eigenvalue weighted by molar-refractivity contribution is -0.130. The molecule has 202 valence electrons. The lowest BCUT2D eigenvalue weighted by atomic mass is 9.91. The number of benzene rings is 1. The lowest BCUT2D eigenvalue weighted by Crippen LogP contribution is -2.62. The number of nitrogens with zero attached hydrogens (tertiary/aromatic N) is 3. The van der Waals surface area contributed by atoms with Crippen LogP contribution in [-0.4, -0.2) is 55.5 Å². The predicted octanol–water partition coefficient (Wildman–Crippen LogP) is 5.30. The first-order chi connectivity index (χ1) is 17.5. The number of anilines is 3. The fourth-order valence-corrected chi connectivity index (χ4v) is 5.85. The third-order valence-electron chi connectivity index (χ3n) is 7.89. The first kappa shape index (κ1) is 25.7. The first-order valence-corrected chi connectivity index (χ1v) is 12.5. The van der Waals surface area contributed by atoms with Gasteiger partial charge in [-0.05, 0) is 43.7 Å². The number of carbonyl (C=O) groups is 1. The van der Waals surface area contributed by atoms with Crippen LogP contribution >= 0.6 is 0 Å². The van der Waals surface area contributed by atoms with Gasteiger partial charge in [0.1, 0.15) is 23.5 Å². The Hall–Kier alpha value is -2.89. The summed E-state index contributed by atoms with van der Waals surface area (Å²) in [6, 6.07) is 1.91. The third kappa shape index (κ3) is 4.87. The van der Waals surface area contributed by atoms with E-state index in [0.29, 0.717) is 32.0 Å². The van der Waals surface area contributed by atoms with E-state index >= 15 is 8.78 Å². The van der Waals surface area contributed by atoms with Crippen molar-refractivity contribution in [3.8, 4) is 0 Å². The van der Waals surface area contributed by atoms with E-state index in [1.165, 1.54) is 0 Å². The van der Waals surface area contributed by atoms with Crippen LogP contribution in [0.1, 0.15) is 55.3 Å². The maximum Gasteiger partial charge on any atom is 0.396 e. The molecular weight excluding hydrogens is 499 g/mol. The maximum absolute atomic E-state index is 15.0. The molecule has 5 rings (SSSR count). The number of ether oxygens (including phenoxy) is 1. The van der Waals surface area contributed by atoms with E-state index in [0.717, 1.165) is 37.8 Å². The van der Waals surface area contributed by atoms with Gasteiger partial charge in [-0.3, -0.25) is 4.79 Å². The fourth-order valence-electron chi connectivity index (χ4n) is 5.85. The second kappa shape index (κ2) is 9.45. The molecule has 2 unspecified atom stereocenters. The average molecular weight is 529 g/mol. The maximum atomic E-state index is 15.0. The van der Waals surface area contributed by atoms with Crippen LogP contribution in [0.3, 0.4) is 0 Å². The van der Waals surface area contributed by atoms with E-state index in [-0.39, 0.29) is 23.4 Å². The van der Waals surface area contributed by atoms with Crippen molar-refractivity contribution in [3.63, 3.8) is 0 Å². The molecule has 37 heavy (non-hydrogen) atoms. The Morgan fingerprint density at radius 3 is 2.54 bits per heavy atom. The number of hydrogen-bond acceptors (Lipinski definition) is 6. The first-order valence-electron chi connectivity index (χ1n) is 12.5. The monoisotopic (exact) mass is 528 g/mol. The number of halogens is 5. The SMILES string of the molecule is CCC1(OC)CN(c2nc(C(=O)Nc3cc(F)c(N4CCC5CCCC54)c(F)c3)c(CC(F)(F)F)o2)C1. The van der Waals surface area contributed by atoms with Crippen LogP contribution in [0.4, 0.5) is 39.3 Å². The highest BCUT2D eigenvalue weighted by atomic mass is 19.4. The number of fused-ring (bicyclic) bond motifs is 1. The minimum atomic E-state index is -4.66. The van der Waals surface area contributed by atoms with Gasteiger partial charge in [0.05, 0.1) is 13.1 Å². The summed E-state index contributed by atoms with van der Waals surface area (Å²) < 4.78 is 80.4. The summed E-state index contributed by atoms with van der Waals surface area (Å²) in [6.07, 6.45) is -1.69. The highest BCUT2D eigenvalue weighted by Crippen LogP contribution is 2.42. The summed E-state index contributed by atoms with van der Waals surface area (Å²) in [5.74, 6) is -2.98. The molecular formula is C25H29F5N4O3. The zero-order valence-corrected chi connectivity index (χ0v) is 20.6. The number of carbonyl (C=O) groups excluding carboxylic acids is 1. The Labute approximate surface area is 210 Å². The van der Waals surface area contributed by atoms with Crippen molar-refractivity contribution in [2.24, 2.45) is 5.92 Å². The van der Waals surface area contributed by atoms with Crippen LogP contribution in [0, 0.1) is 17.6 Å². The zero-order valence-electron chi connectivity index (χ0n) is 20.6. The van der Waals surface area contributed by atoms with Crippen molar-refractivity contribution >= 4 is 23.3 Å². The summed E-state index contributed by atoms with van der Waals surface area (Å²) in [4.78, 5) is 20.2. The van der Waals surface area contributed by atoms with E-state index in [4.69, 9.17) is 9.15 Å². The van der Waals surface area contributed by atoms with Gasteiger partial charge < -0.3 is 24.3 Å². The van der Waals surface area contributed by atoms with Crippen molar-refractivity contribution in [2.75, 3.05) is 41.9 Å². The molecule has 2 saturated heterocycles. The van der Waals surface area contributed by atoms with E-state index < -0.39 is 47.2 Å². The van der Waals surface area contributed by atoms with Crippen molar-refractivity contribution < 1.29 is 35.9 Å². The number of amides is 1. The number of rotatable bonds is 7. The molecule has 2 atom stereocenters. The Bertz CT molecular complexity index is 1150. The van der Waals surface area contributed by atoms with Crippen LogP contribution in [-0.2, 0) is 11.2 Å². The molecule has 1 aliphatic carbocycles. The second-order valence-electron chi connectivity index (χ2n) is 10.1. The summed E-state index contributed by atoms with van der Waals surface area (Å²) in [6.45, 7) is 3.15. The van der Waals surface area contributed by atoms with E-state index in [2.05, 4.69) is 10.3 Å². The Balaban J connectivity index is 1.37. The largest absolute Gasteiger partial charge is 0.427 e. The molecule has 2 aromatic rings. The van der Waals surface area contributed by atoms with Gasteiger partial charge in [-0.2, -0.15) is 18.2 Å². The van der Waals surface area contributed by atoms with Crippen molar-refractivity contribution in [1.29, 1.82) is 0 Å². The number of nitrogens with one attached hydrogen (secondary N) is 1. The van der Waals surface area contributed by atoms with Crippen molar-refractivity contribution in [2.45, 2.75) is 63.3 Å². The van der Waals surface area contributed by atoms with Crippen LogP contribution in [0.25, 0.3) is 0 Å². The molecule has 0 bridgehead atoms. The highest BCUT2D eigenvalue weighted by molar-refractivity contribution is 6.04. The molecule has 3 fully saturated rings. The van der Waals surface area contributed by atoms with E-state index in [9.17, 15) is 18.0 Å². The van der Waals surface area contributed by atoms with Gasteiger partial charge in [0, 0.05) is 25.4 Å². The van der Waals surface area contributed by atoms with Gasteiger partial charge in [-0.25, -0.2) is 8.78 Å². The standard InChI is InChI=1S/C25H29F5N4O3/c1-3-24(36-2)12-33(13-24)23-32-20(19(37-23)11-25(28,29)30)22(35)31-15-9-16(26)21(17(27)10-15)34-8-7-14-5-4-6-18(14)34/h9-10,14,18H,3-8,11-13H2,1-2H3,(H,31,35). The third-order valence-corrected chi connectivity index (χ3v) is 7.89. The molecule has 0 radical (unpaired) electrons. The molecule has 1 N–H and O–H groups in total. The Morgan fingerprint density at radius 1 is 1.22 bits per heavy atom. The fraction of sp³-hybridized carbons (Fsp3) is 0.600. The van der Waals surface area contributed by atoms with Crippen LogP contribution in [0.5, 0.6) is 0 Å². The number of oxazole rings is 1. The Morgan fingerprint density at radius 2 is 1.92 bits per heavy atom. The van der Waals surface area contributed by atoms with E-state index in [1.807, 2.05) is 6.92 Å². The molecule has 0 spiro atoms. The van der Waals surface area contributed by atoms with Gasteiger partial charge in [0.2, 0.25) is 0 Å². The number of hydrogen-bond donors (Lipinski definition) is 1. The minimum Gasteiger partial charge on any atom is -0.427 e. The molecule has 2 aliphatic heterocycles. The van der Waals surface area contributed by atoms with Gasteiger partial charge in [-0.1, -0.05) is 13.3 Å². The van der Waals surface area contributed by atoms with Crippen LogP contribution in [0.15, 0.2) is 16.5 Å². The highest BCUT2D eigenvalue weighted by Gasteiger charge is 2.45. The molecule has 12 heteroatoms. The molecule has 7 nitrogen and oxygen atoms in total. The smallest absolute Gasteiger partial charge is 0.396 e. The van der Waals surface area contributed by atoms with Gasteiger partial charge in [0.15, 0.2) is 17.3 Å². The zero-order chi connectivity index (χ0) is 26.5. The molecule has 1 aromatic carbocycles. The summed E-state index contributed by atoms with van der Waals surface area (Å²) in [5.41, 5.74) is -1.41. The van der Waals surface area contributed by atoms with E-state index in [1.54, 1.807) is 16.9 Å². The quantitative estimate of drug-likeness (QED) is 0.492. The lowest BCUT2D eigenvalue weighted by Gasteiger charge is -2.47. The minimum absolute atomic E-state index is 0.0916. The molecule has 1 saturated carbocycles. The average Bonchev–Trinajstić information content (AvgIpc) is 3.49. The van der Waals surface area contributed by atoms with Gasteiger partial charge in [-0.15, -0.1) is 0 Å². The molecule has 3 heterocycles. The van der Waals surface area contributed by atoms with Crippen molar-refractivity contribution in [3.05, 3.63) is 35.2 Å². The molecule has 1 amide bonds. The normalized spacial score (nSPS) is 22.8. The van der Waals surface area contributed by atoms with Crippen LogP contribution in [0.2, 0.25) is 0 Å². The van der Waals surface area contributed by atoms with Gasteiger partial charge >= 0.3 is 6.18 Å². The van der Waals surface area contributed by atoms with Gasteiger partial charge in [0.25, 0.3) is 11.9 Å². The number of aromatic nitrogens is 1.